The summed E-state index contributed by atoms with van der Waals surface area (Å²) < 4.78 is 53.3. The number of hydrogen-bond donors (Lipinski definition) is 1. The standard InChI is InChI=1S/C19H20F2N2O3S/c1-13-11-16(21)5-6-18(13)27(25,26)23-9-7-14(8-10-23)19(24)22-17-4-2-3-15(20)12-17/h2-6,11-12,14H,7-10H2,1H3,(H,22,24). The molecule has 1 fully saturated rings. The Hall–Kier alpha value is -2.32. The molecule has 1 aliphatic heterocycles. The molecule has 3 rings (SSSR count). The minimum absolute atomic E-state index is 0.0755. The molecule has 0 aromatic heterocycles. The van der Waals surface area contributed by atoms with E-state index in [0.717, 1.165) is 6.07 Å². The number of piperidine rings is 1. The highest BCUT2D eigenvalue weighted by Crippen LogP contribution is 2.27. The number of anilines is 1. The number of nitrogens with one attached hydrogen (secondary N) is 1. The van der Waals surface area contributed by atoms with Crippen LogP contribution < -0.4 is 5.32 Å². The lowest BCUT2D eigenvalue weighted by molar-refractivity contribution is -0.120. The third-order valence-corrected chi connectivity index (χ3v) is 6.73. The molecule has 1 aliphatic rings. The van der Waals surface area contributed by atoms with Crippen molar-refractivity contribution >= 4 is 21.6 Å². The number of carbonyl (C=O) groups is 1. The van der Waals surface area contributed by atoms with Crippen LogP contribution in [0.3, 0.4) is 0 Å². The van der Waals surface area contributed by atoms with Gasteiger partial charge in [-0.1, -0.05) is 6.07 Å². The number of rotatable bonds is 4. The summed E-state index contributed by atoms with van der Waals surface area (Å²) in [6.07, 6.45) is 0.723. The molecule has 1 heterocycles. The number of nitrogens with zero attached hydrogens (tertiary/aromatic N) is 1. The molecule has 2 aromatic rings. The molecule has 0 unspecified atom stereocenters. The summed E-state index contributed by atoms with van der Waals surface area (Å²) in [5.41, 5.74) is 0.720. The first kappa shape index (κ1) is 19.4. The van der Waals surface area contributed by atoms with Crippen molar-refractivity contribution in [1.29, 1.82) is 0 Å². The quantitative estimate of drug-likeness (QED) is 0.865. The summed E-state index contributed by atoms with van der Waals surface area (Å²) in [6.45, 7) is 1.94. The third kappa shape index (κ3) is 4.33. The Morgan fingerprint density at radius 3 is 2.37 bits per heavy atom. The molecule has 0 saturated carbocycles. The number of halogens is 2. The number of amides is 1. The van der Waals surface area contributed by atoms with Crippen LogP contribution in [-0.2, 0) is 14.8 Å². The third-order valence-electron chi connectivity index (χ3n) is 4.67. The molecule has 0 aliphatic carbocycles. The summed E-state index contributed by atoms with van der Waals surface area (Å²) >= 11 is 0. The van der Waals surface area contributed by atoms with E-state index in [1.807, 2.05) is 0 Å². The Morgan fingerprint density at radius 2 is 1.74 bits per heavy atom. The molecule has 27 heavy (non-hydrogen) atoms. The maximum atomic E-state index is 13.2. The zero-order valence-electron chi connectivity index (χ0n) is 14.8. The molecule has 1 saturated heterocycles. The normalized spacial score (nSPS) is 16.3. The number of sulfonamides is 1. The fourth-order valence-corrected chi connectivity index (χ4v) is 4.89. The van der Waals surface area contributed by atoms with Gasteiger partial charge in [0.25, 0.3) is 0 Å². The van der Waals surface area contributed by atoms with Crippen LogP contribution in [-0.4, -0.2) is 31.7 Å². The lowest BCUT2D eigenvalue weighted by Gasteiger charge is -2.31. The van der Waals surface area contributed by atoms with Gasteiger partial charge in [0.2, 0.25) is 15.9 Å². The Bertz CT molecular complexity index is 955. The maximum absolute atomic E-state index is 13.2. The highest BCUT2D eigenvalue weighted by molar-refractivity contribution is 7.89. The molecule has 1 amide bonds. The van der Waals surface area contributed by atoms with Gasteiger partial charge in [0.15, 0.2) is 0 Å². The van der Waals surface area contributed by atoms with E-state index >= 15 is 0 Å². The van der Waals surface area contributed by atoms with E-state index in [0.29, 0.717) is 24.1 Å². The van der Waals surface area contributed by atoms with Gasteiger partial charge in [-0.15, -0.1) is 0 Å². The zero-order chi connectivity index (χ0) is 19.6. The Balaban J connectivity index is 1.65. The number of benzene rings is 2. The number of carbonyl (C=O) groups excluding carboxylic acids is 1. The fourth-order valence-electron chi connectivity index (χ4n) is 3.21. The van der Waals surface area contributed by atoms with Gasteiger partial charge in [-0.25, -0.2) is 17.2 Å². The van der Waals surface area contributed by atoms with E-state index < -0.39 is 21.7 Å². The molecular weight excluding hydrogens is 374 g/mol. The van der Waals surface area contributed by atoms with Crippen LogP contribution in [0.5, 0.6) is 0 Å². The summed E-state index contributed by atoms with van der Waals surface area (Å²) in [5, 5.41) is 2.66. The van der Waals surface area contributed by atoms with Crippen molar-refractivity contribution in [3.05, 3.63) is 59.7 Å². The predicted molar refractivity (Wildman–Crippen MR) is 97.6 cm³/mol. The van der Waals surface area contributed by atoms with Crippen molar-refractivity contribution in [2.75, 3.05) is 18.4 Å². The van der Waals surface area contributed by atoms with E-state index in [-0.39, 0.29) is 29.8 Å². The summed E-state index contributed by atoms with van der Waals surface area (Å²) in [7, 11) is -3.74. The van der Waals surface area contributed by atoms with Crippen LogP contribution in [0.15, 0.2) is 47.4 Å². The van der Waals surface area contributed by atoms with Crippen molar-refractivity contribution in [3.8, 4) is 0 Å². The van der Waals surface area contributed by atoms with Gasteiger partial charge in [0, 0.05) is 24.7 Å². The van der Waals surface area contributed by atoms with Crippen LogP contribution in [0.25, 0.3) is 0 Å². The molecule has 5 nitrogen and oxygen atoms in total. The minimum Gasteiger partial charge on any atom is -0.326 e. The van der Waals surface area contributed by atoms with Crippen molar-refractivity contribution in [2.24, 2.45) is 5.92 Å². The Labute approximate surface area is 157 Å². The second-order valence-corrected chi connectivity index (χ2v) is 8.49. The van der Waals surface area contributed by atoms with E-state index in [9.17, 15) is 22.0 Å². The Morgan fingerprint density at radius 1 is 1.07 bits per heavy atom. The van der Waals surface area contributed by atoms with E-state index in [1.54, 1.807) is 13.0 Å². The Kier molecular flexibility index (Phi) is 5.57. The smallest absolute Gasteiger partial charge is 0.243 e. The zero-order valence-corrected chi connectivity index (χ0v) is 15.6. The SMILES string of the molecule is Cc1cc(F)ccc1S(=O)(=O)N1CCC(C(=O)Nc2cccc(F)c2)CC1. The lowest BCUT2D eigenvalue weighted by Crippen LogP contribution is -2.41. The van der Waals surface area contributed by atoms with Crippen molar-refractivity contribution < 1.29 is 22.0 Å². The van der Waals surface area contributed by atoms with Gasteiger partial charge in [-0.05, 0) is 61.7 Å². The van der Waals surface area contributed by atoms with Crippen LogP contribution in [0.2, 0.25) is 0 Å². The van der Waals surface area contributed by atoms with E-state index in [1.165, 1.54) is 34.6 Å². The summed E-state index contributed by atoms with van der Waals surface area (Å²) in [5.74, 6) is -1.53. The second kappa shape index (κ2) is 7.74. The van der Waals surface area contributed by atoms with Gasteiger partial charge in [-0.2, -0.15) is 4.31 Å². The first-order chi connectivity index (χ1) is 12.8. The van der Waals surface area contributed by atoms with Crippen LogP contribution in [0, 0.1) is 24.5 Å². The van der Waals surface area contributed by atoms with Crippen molar-refractivity contribution in [1.82, 2.24) is 4.31 Å². The van der Waals surface area contributed by atoms with E-state index in [4.69, 9.17) is 0 Å². The molecule has 0 bridgehead atoms. The molecule has 144 valence electrons. The van der Waals surface area contributed by atoms with Crippen LogP contribution in [0.4, 0.5) is 14.5 Å². The average molecular weight is 394 g/mol. The lowest BCUT2D eigenvalue weighted by atomic mass is 9.97. The average Bonchev–Trinajstić information content (AvgIpc) is 2.61. The molecule has 0 atom stereocenters. The van der Waals surface area contributed by atoms with Crippen LogP contribution in [0.1, 0.15) is 18.4 Å². The molecular formula is C19H20F2N2O3S. The topological polar surface area (TPSA) is 66.5 Å². The van der Waals surface area contributed by atoms with Gasteiger partial charge in [0.05, 0.1) is 4.90 Å². The van der Waals surface area contributed by atoms with Gasteiger partial charge in [0.1, 0.15) is 11.6 Å². The van der Waals surface area contributed by atoms with Crippen molar-refractivity contribution in [3.63, 3.8) is 0 Å². The molecule has 8 heteroatoms. The molecule has 2 aromatic carbocycles. The molecule has 0 spiro atoms. The summed E-state index contributed by atoms with van der Waals surface area (Å²) in [6, 6.07) is 9.20. The van der Waals surface area contributed by atoms with Crippen LogP contribution >= 0.6 is 0 Å². The molecule has 1 N–H and O–H groups in total. The predicted octanol–water partition coefficient (Wildman–Crippen LogP) is 3.31. The van der Waals surface area contributed by atoms with E-state index in [2.05, 4.69) is 5.32 Å². The number of aryl methyl sites for hydroxylation is 1. The first-order valence-corrected chi connectivity index (χ1v) is 10.0. The maximum Gasteiger partial charge on any atom is 0.243 e. The fraction of sp³-hybridized carbons (Fsp3) is 0.316. The number of hydrogen-bond acceptors (Lipinski definition) is 3. The first-order valence-electron chi connectivity index (χ1n) is 8.60. The summed E-state index contributed by atoms with van der Waals surface area (Å²) in [4.78, 5) is 12.4. The molecule has 0 radical (unpaired) electrons. The largest absolute Gasteiger partial charge is 0.326 e. The van der Waals surface area contributed by atoms with Gasteiger partial charge >= 0.3 is 0 Å². The minimum atomic E-state index is -3.74. The van der Waals surface area contributed by atoms with Crippen molar-refractivity contribution in [2.45, 2.75) is 24.7 Å². The van der Waals surface area contributed by atoms with Gasteiger partial charge < -0.3 is 5.32 Å². The monoisotopic (exact) mass is 394 g/mol. The van der Waals surface area contributed by atoms with Gasteiger partial charge in [-0.3, -0.25) is 4.79 Å². The highest BCUT2D eigenvalue weighted by atomic mass is 32.2. The highest BCUT2D eigenvalue weighted by Gasteiger charge is 2.32. The second-order valence-electron chi connectivity index (χ2n) is 6.59.